The fourth-order valence-corrected chi connectivity index (χ4v) is 3.75. The van der Waals surface area contributed by atoms with Crippen LogP contribution in [0.4, 0.5) is 0 Å². The molecule has 5 heteroatoms. The van der Waals surface area contributed by atoms with E-state index in [-0.39, 0.29) is 9.79 Å². The van der Waals surface area contributed by atoms with Gasteiger partial charge in [-0.3, -0.25) is 0 Å². The van der Waals surface area contributed by atoms with Gasteiger partial charge in [0.15, 0.2) is 0 Å². The second kappa shape index (κ2) is 3.64. The number of ether oxygens (including phenoxy) is 1. The first kappa shape index (κ1) is 10.9. The Kier molecular flexibility index (Phi) is 2.34. The average Bonchev–Trinajstić information content (AvgIpc) is 2.28. The molecule has 0 bridgehead atoms. The van der Waals surface area contributed by atoms with Crippen LogP contribution in [0.2, 0.25) is 0 Å². The van der Waals surface area contributed by atoms with Crippen molar-refractivity contribution in [1.29, 1.82) is 0 Å². The zero-order valence-electron chi connectivity index (χ0n) is 9.17. The molecule has 1 aliphatic rings. The van der Waals surface area contributed by atoms with Crippen LogP contribution in [-0.4, -0.2) is 26.1 Å². The third-order valence-electron chi connectivity index (χ3n) is 2.80. The molecule has 0 fully saturated rings. The molecule has 2 aromatic carbocycles. The van der Waals surface area contributed by atoms with Crippen molar-refractivity contribution in [1.82, 2.24) is 0 Å². The van der Waals surface area contributed by atoms with Crippen molar-refractivity contribution in [3.8, 4) is 11.5 Å². The standard InChI is InChI=1S/C12H7O3S.Li/c13-16(14)11-7-3-1-5-9(11)15-10-6-2-4-8-12(10)16;/h1-7H;. The number of hydrogen-bond acceptors (Lipinski definition) is 3. The van der Waals surface area contributed by atoms with Crippen molar-refractivity contribution in [3.05, 3.63) is 42.5 Å². The Balaban J connectivity index is 2.40. The minimum absolute atomic E-state index is 0.238. The Morgan fingerprint density at radius 3 is 2.47 bits per heavy atom. The van der Waals surface area contributed by atoms with E-state index >= 15 is 0 Å². The zero-order valence-corrected chi connectivity index (χ0v) is 9.99. The molecule has 2 aromatic rings. The molecule has 0 saturated carbocycles. The van der Waals surface area contributed by atoms with E-state index < -0.39 is 9.84 Å². The summed E-state index contributed by atoms with van der Waals surface area (Å²) in [5.41, 5.74) is 0. The molecule has 0 amide bonds. The third kappa shape index (κ3) is 1.53. The number of sulfone groups is 1. The average molecular weight is 238 g/mol. The van der Waals surface area contributed by atoms with Crippen molar-refractivity contribution in [2.45, 2.75) is 9.79 Å². The maximum absolute atomic E-state index is 12.4. The molecule has 0 saturated heterocycles. The van der Waals surface area contributed by atoms with E-state index in [0.717, 1.165) is 0 Å². The predicted molar refractivity (Wildman–Crippen MR) is 63.8 cm³/mol. The summed E-state index contributed by atoms with van der Waals surface area (Å²) in [6.07, 6.45) is 0. The molecule has 0 radical (unpaired) electrons. The summed E-state index contributed by atoms with van der Waals surface area (Å²) >= 11 is 1.77. The topological polar surface area (TPSA) is 43.4 Å². The quantitative estimate of drug-likeness (QED) is 0.556. The van der Waals surface area contributed by atoms with Gasteiger partial charge >= 0.3 is 109 Å². The second-order valence-electron chi connectivity index (χ2n) is 3.95. The van der Waals surface area contributed by atoms with Crippen LogP contribution < -0.4 is 8.97 Å². The van der Waals surface area contributed by atoms with E-state index in [1.165, 1.54) is 0 Å². The van der Waals surface area contributed by atoms with Crippen LogP contribution in [0.25, 0.3) is 0 Å². The van der Waals surface area contributed by atoms with Crippen molar-refractivity contribution in [2.75, 3.05) is 0 Å². The molecular formula is C12H7LiO3S. The number of rotatable bonds is 0. The minimum atomic E-state index is -3.46. The Labute approximate surface area is 109 Å². The molecule has 1 heterocycles. The van der Waals surface area contributed by atoms with Gasteiger partial charge in [-0.25, -0.2) is 0 Å². The van der Waals surface area contributed by atoms with Gasteiger partial charge in [0, 0.05) is 0 Å². The Bertz CT molecular complexity index is 707. The van der Waals surface area contributed by atoms with Crippen molar-refractivity contribution >= 4 is 31.8 Å². The van der Waals surface area contributed by atoms with Crippen LogP contribution in [0.5, 0.6) is 11.5 Å². The fourth-order valence-electron chi connectivity index (χ4n) is 2.04. The van der Waals surface area contributed by atoms with Gasteiger partial charge in [0.25, 0.3) is 0 Å². The van der Waals surface area contributed by atoms with Crippen LogP contribution in [-0.2, 0) is 9.84 Å². The summed E-state index contributed by atoms with van der Waals surface area (Å²) in [7, 11) is -3.46. The van der Waals surface area contributed by atoms with Gasteiger partial charge in [-0.15, -0.1) is 0 Å². The Morgan fingerprint density at radius 2 is 1.65 bits per heavy atom. The van der Waals surface area contributed by atoms with Gasteiger partial charge in [-0.1, -0.05) is 0 Å². The first-order valence-electron chi connectivity index (χ1n) is 5.22. The maximum atomic E-state index is 12.4. The summed E-state index contributed by atoms with van der Waals surface area (Å²) in [6.45, 7) is 0. The summed E-state index contributed by atoms with van der Waals surface area (Å²) in [6, 6.07) is 11.9. The van der Waals surface area contributed by atoms with Crippen LogP contribution in [0.15, 0.2) is 52.3 Å². The van der Waals surface area contributed by atoms with E-state index in [9.17, 15) is 8.42 Å². The van der Waals surface area contributed by atoms with Crippen molar-refractivity contribution in [2.24, 2.45) is 0 Å². The fraction of sp³-hybridized carbons (Fsp3) is 0. The SMILES string of the molecule is [Li][c]1cccc2c1S(=O)(=O)c1ccccc1O2. The van der Waals surface area contributed by atoms with Gasteiger partial charge in [0.05, 0.1) is 0 Å². The molecule has 0 spiro atoms. The van der Waals surface area contributed by atoms with Crippen LogP contribution >= 0.6 is 0 Å². The van der Waals surface area contributed by atoms with E-state index in [1.807, 2.05) is 0 Å². The van der Waals surface area contributed by atoms with E-state index in [1.54, 1.807) is 60.2 Å². The summed E-state index contributed by atoms with van der Waals surface area (Å²) in [4.78, 5) is 0.514. The van der Waals surface area contributed by atoms with Crippen LogP contribution in [0, 0.1) is 0 Å². The molecule has 1 aliphatic heterocycles. The van der Waals surface area contributed by atoms with Crippen molar-refractivity contribution < 1.29 is 13.2 Å². The molecule has 0 aromatic heterocycles. The zero-order chi connectivity index (χ0) is 12.0. The normalized spacial score (nSPS) is 15.6. The second-order valence-corrected chi connectivity index (χ2v) is 5.81. The molecule has 17 heavy (non-hydrogen) atoms. The molecule has 3 rings (SSSR count). The predicted octanol–water partition coefficient (Wildman–Crippen LogP) is 1.42. The van der Waals surface area contributed by atoms with Crippen LogP contribution in [0.3, 0.4) is 0 Å². The number of fused-ring (bicyclic) bond motifs is 2. The summed E-state index contributed by atoms with van der Waals surface area (Å²) in [5.74, 6) is 0.800. The van der Waals surface area contributed by atoms with Gasteiger partial charge in [0.2, 0.25) is 0 Å². The summed E-state index contributed by atoms with van der Waals surface area (Å²) < 4.78 is 31.2. The molecule has 3 nitrogen and oxygen atoms in total. The number of benzene rings is 2. The molecule has 0 N–H and O–H groups in total. The van der Waals surface area contributed by atoms with Gasteiger partial charge < -0.3 is 0 Å². The first-order valence-corrected chi connectivity index (χ1v) is 6.70. The molecule has 0 unspecified atom stereocenters. The van der Waals surface area contributed by atoms with Crippen molar-refractivity contribution in [3.63, 3.8) is 0 Å². The monoisotopic (exact) mass is 238 g/mol. The summed E-state index contributed by atoms with van der Waals surface area (Å²) in [5, 5.41) is 0. The first-order chi connectivity index (χ1) is 8.10. The Morgan fingerprint density at radius 1 is 0.941 bits per heavy atom. The molecular weight excluding hydrogens is 231 g/mol. The molecule has 80 valence electrons. The third-order valence-corrected chi connectivity index (χ3v) is 4.78. The van der Waals surface area contributed by atoms with E-state index in [2.05, 4.69) is 0 Å². The number of para-hydroxylation sites is 1. The number of hydrogen-bond donors (Lipinski definition) is 0. The van der Waals surface area contributed by atoms with Gasteiger partial charge in [-0.2, -0.15) is 0 Å². The van der Waals surface area contributed by atoms with Gasteiger partial charge in [-0.05, 0) is 0 Å². The molecule has 0 atom stereocenters. The van der Waals surface area contributed by atoms with E-state index in [4.69, 9.17) is 4.74 Å². The molecule has 0 aliphatic carbocycles. The Hall–Kier alpha value is -1.21. The van der Waals surface area contributed by atoms with Crippen LogP contribution in [0.1, 0.15) is 0 Å². The van der Waals surface area contributed by atoms with E-state index in [0.29, 0.717) is 15.7 Å². The van der Waals surface area contributed by atoms with Gasteiger partial charge in [0.1, 0.15) is 0 Å².